The fourth-order valence-electron chi connectivity index (χ4n) is 2.02. The average Bonchev–Trinajstić information content (AvgIpc) is 2.44. The number of halogens is 1. The Morgan fingerprint density at radius 1 is 1.47 bits per heavy atom. The van der Waals surface area contributed by atoms with E-state index in [1.165, 1.54) is 12.1 Å². The summed E-state index contributed by atoms with van der Waals surface area (Å²) in [6.45, 7) is 1.92. The molecule has 3 heteroatoms. The Bertz CT molecular complexity index is 528. The molecule has 0 amide bonds. The van der Waals surface area contributed by atoms with Crippen LogP contribution in [-0.2, 0) is 18.3 Å². The van der Waals surface area contributed by atoms with Gasteiger partial charge in [-0.2, -0.15) is 0 Å². The van der Waals surface area contributed by atoms with Crippen molar-refractivity contribution in [1.82, 2.24) is 4.57 Å². The standard InChI is InChI=1S/C12H12FNO/c1-8-10-7-9(13)3-4-12(10)14(2)11(8)5-6-15/h3-4,6-7H,5H2,1-2H3. The van der Waals surface area contributed by atoms with Gasteiger partial charge in [-0.15, -0.1) is 0 Å². The summed E-state index contributed by atoms with van der Waals surface area (Å²) >= 11 is 0. The second-order valence-corrected chi connectivity index (χ2v) is 3.66. The average molecular weight is 205 g/mol. The number of fused-ring (bicyclic) bond motifs is 1. The van der Waals surface area contributed by atoms with Crippen LogP contribution in [0, 0.1) is 12.7 Å². The molecule has 1 heterocycles. The van der Waals surface area contributed by atoms with E-state index < -0.39 is 0 Å². The van der Waals surface area contributed by atoms with Crippen molar-refractivity contribution in [1.29, 1.82) is 0 Å². The topological polar surface area (TPSA) is 22.0 Å². The van der Waals surface area contributed by atoms with Crippen molar-refractivity contribution in [2.75, 3.05) is 0 Å². The molecule has 78 valence electrons. The molecular formula is C12H12FNO. The largest absolute Gasteiger partial charge is 0.347 e. The number of aryl methyl sites for hydroxylation is 2. The van der Waals surface area contributed by atoms with E-state index in [-0.39, 0.29) is 5.82 Å². The zero-order chi connectivity index (χ0) is 11.0. The molecule has 2 aromatic rings. The molecule has 1 aromatic heterocycles. The molecule has 0 N–H and O–H groups in total. The van der Waals surface area contributed by atoms with Crippen LogP contribution >= 0.6 is 0 Å². The fourth-order valence-corrected chi connectivity index (χ4v) is 2.02. The van der Waals surface area contributed by atoms with Crippen molar-refractivity contribution in [2.24, 2.45) is 7.05 Å². The van der Waals surface area contributed by atoms with Gasteiger partial charge in [0.2, 0.25) is 0 Å². The summed E-state index contributed by atoms with van der Waals surface area (Å²) in [5, 5.41) is 0.884. The van der Waals surface area contributed by atoms with E-state index in [2.05, 4.69) is 0 Å². The lowest BCUT2D eigenvalue weighted by Gasteiger charge is -2.00. The fraction of sp³-hybridized carbons (Fsp3) is 0.250. The van der Waals surface area contributed by atoms with Crippen LogP contribution in [0.25, 0.3) is 10.9 Å². The van der Waals surface area contributed by atoms with Gasteiger partial charge in [0, 0.05) is 30.1 Å². The molecule has 0 bridgehead atoms. The summed E-state index contributed by atoms with van der Waals surface area (Å²) in [7, 11) is 1.89. The molecule has 0 spiro atoms. The van der Waals surface area contributed by atoms with Gasteiger partial charge in [-0.1, -0.05) is 0 Å². The molecule has 0 aliphatic rings. The zero-order valence-corrected chi connectivity index (χ0v) is 8.75. The third-order valence-corrected chi connectivity index (χ3v) is 2.84. The lowest BCUT2D eigenvalue weighted by molar-refractivity contribution is -0.107. The summed E-state index contributed by atoms with van der Waals surface area (Å²) in [5.41, 5.74) is 2.90. The van der Waals surface area contributed by atoms with Crippen LogP contribution in [0.15, 0.2) is 18.2 Å². The number of nitrogens with zero attached hydrogens (tertiary/aromatic N) is 1. The van der Waals surface area contributed by atoms with E-state index in [4.69, 9.17) is 0 Å². The first-order chi connectivity index (χ1) is 7.15. The molecule has 0 aliphatic carbocycles. The van der Waals surface area contributed by atoms with Gasteiger partial charge < -0.3 is 9.36 Å². The molecule has 0 saturated heterocycles. The van der Waals surface area contributed by atoms with Gasteiger partial charge in [0.05, 0.1) is 0 Å². The van der Waals surface area contributed by atoms with E-state index in [1.54, 1.807) is 6.07 Å². The number of carbonyl (C=O) groups excluding carboxylic acids is 1. The van der Waals surface area contributed by atoms with Crippen molar-refractivity contribution >= 4 is 17.2 Å². The van der Waals surface area contributed by atoms with Crippen molar-refractivity contribution in [3.63, 3.8) is 0 Å². The van der Waals surface area contributed by atoms with Gasteiger partial charge in [0.1, 0.15) is 12.1 Å². The Balaban J connectivity index is 2.78. The molecular weight excluding hydrogens is 193 g/mol. The monoisotopic (exact) mass is 205 g/mol. The Morgan fingerprint density at radius 3 is 2.87 bits per heavy atom. The second kappa shape index (κ2) is 3.50. The molecule has 0 radical (unpaired) electrons. The molecule has 1 aromatic carbocycles. The van der Waals surface area contributed by atoms with E-state index in [1.807, 2.05) is 18.5 Å². The number of aromatic nitrogens is 1. The van der Waals surface area contributed by atoms with Crippen LogP contribution in [0.4, 0.5) is 4.39 Å². The number of hydrogen-bond acceptors (Lipinski definition) is 1. The molecule has 0 atom stereocenters. The van der Waals surface area contributed by atoms with Crippen molar-refractivity contribution in [2.45, 2.75) is 13.3 Å². The maximum absolute atomic E-state index is 13.1. The first kappa shape index (κ1) is 9.90. The third kappa shape index (κ3) is 1.44. The minimum Gasteiger partial charge on any atom is -0.347 e. The summed E-state index contributed by atoms with van der Waals surface area (Å²) < 4.78 is 15.0. The van der Waals surface area contributed by atoms with Crippen molar-refractivity contribution in [3.8, 4) is 0 Å². The van der Waals surface area contributed by atoms with Gasteiger partial charge >= 0.3 is 0 Å². The second-order valence-electron chi connectivity index (χ2n) is 3.66. The first-order valence-corrected chi connectivity index (χ1v) is 4.82. The van der Waals surface area contributed by atoms with E-state index >= 15 is 0 Å². The Hall–Kier alpha value is -1.64. The van der Waals surface area contributed by atoms with Gasteiger partial charge in [0.25, 0.3) is 0 Å². The van der Waals surface area contributed by atoms with Crippen LogP contribution < -0.4 is 0 Å². The lowest BCUT2D eigenvalue weighted by atomic mass is 10.1. The molecule has 0 saturated carbocycles. The predicted octanol–water partition coefficient (Wildman–Crippen LogP) is 2.37. The highest BCUT2D eigenvalue weighted by atomic mass is 19.1. The number of benzene rings is 1. The van der Waals surface area contributed by atoms with Crippen LogP contribution in [0.5, 0.6) is 0 Å². The van der Waals surface area contributed by atoms with E-state index in [0.29, 0.717) is 6.42 Å². The minimum atomic E-state index is -0.242. The lowest BCUT2D eigenvalue weighted by Crippen LogP contribution is -1.98. The SMILES string of the molecule is Cc1c(CC=O)n(C)c2ccc(F)cc12. The number of carbonyl (C=O) groups is 1. The van der Waals surface area contributed by atoms with Gasteiger partial charge in [-0.3, -0.25) is 0 Å². The molecule has 2 nitrogen and oxygen atoms in total. The van der Waals surface area contributed by atoms with Crippen LogP contribution in [-0.4, -0.2) is 10.9 Å². The molecule has 2 rings (SSSR count). The summed E-state index contributed by atoms with van der Waals surface area (Å²) in [6.07, 6.45) is 1.25. The van der Waals surface area contributed by atoms with Crippen molar-refractivity contribution in [3.05, 3.63) is 35.3 Å². The number of hydrogen-bond donors (Lipinski definition) is 0. The van der Waals surface area contributed by atoms with Crippen LogP contribution in [0.3, 0.4) is 0 Å². The Kier molecular flexibility index (Phi) is 2.31. The highest BCUT2D eigenvalue weighted by Crippen LogP contribution is 2.25. The number of aldehydes is 1. The molecule has 15 heavy (non-hydrogen) atoms. The van der Waals surface area contributed by atoms with E-state index in [0.717, 1.165) is 28.4 Å². The maximum atomic E-state index is 13.1. The first-order valence-electron chi connectivity index (χ1n) is 4.82. The van der Waals surface area contributed by atoms with Gasteiger partial charge in [0.15, 0.2) is 0 Å². The highest BCUT2D eigenvalue weighted by Gasteiger charge is 2.11. The normalized spacial score (nSPS) is 10.9. The summed E-state index contributed by atoms with van der Waals surface area (Å²) in [5.74, 6) is -0.242. The molecule has 0 unspecified atom stereocenters. The Morgan fingerprint density at radius 2 is 2.20 bits per heavy atom. The van der Waals surface area contributed by atoms with Crippen LogP contribution in [0.2, 0.25) is 0 Å². The number of rotatable bonds is 2. The van der Waals surface area contributed by atoms with E-state index in [9.17, 15) is 9.18 Å². The van der Waals surface area contributed by atoms with Crippen LogP contribution in [0.1, 0.15) is 11.3 Å². The van der Waals surface area contributed by atoms with Gasteiger partial charge in [-0.05, 0) is 30.7 Å². The molecule has 0 aliphatic heterocycles. The minimum absolute atomic E-state index is 0.242. The highest BCUT2D eigenvalue weighted by molar-refractivity contribution is 5.86. The van der Waals surface area contributed by atoms with Gasteiger partial charge in [-0.25, -0.2) is 4.39 Å². The Labute approximate surface area is 87.3 Å². The predicted molar refractivity (Wildman–Crippen MR) is 57.4 cm³/mol. The summed E-state index contributed by atoms with van der Waals surface area (Å²) in [4.78, 5) is 10.5. The maximum Gasteiger partial charge on any atom is 0.125 e. The smallest absolute Gasteiger partial charge is 0.125 e. The molecule has 0 fully saturated rings. The zero-order valence-electron chi connectivity index (χ0n) is 8.75. The quantitative estimate of drug-likeness (QED) is 0.690. The third-order valence-electron chi connectivity index (χ3n) is 2.84. The summed E-state index contributed by atoms with van der Waals surface area (Å²) in [6, 6.07) is 4.69. The van der Waals surface area contributed by atoms with Crippen molar-refractivity contribution < 1.29 is 9.18 Å².